The van der Waals surface area contributed by atoms with Crippen molar-refractivity contribution in [3.63, 3.8) is 0 Å². The van der Waals surface area contributed by atoms with Crippen LogP contribution in [0.25, 0.3) is 0 Å². The molecule has 0 bridgehead atoms. The minimum Gasteiger partial charge on any atom is -0.478 e. The molecule has 0 aromatic carbocycles. The largest absolute Gasteiger partial charge is 0.478 e. The van der Waals surface area contributed by atoms with Crippen LogP contribution in [0.3, 0.4) is 0 Å². The van der Waals surface area contributed by atoms with E-state index in [1.54, 1.807) is 0 Å². The first-order chi connectivity index (χ1) is 7.12. The molecule has 1 unspecified atom stereocenters. The Hall–Kier alpha value is -1.38. The minimum atomic E-state index is -4.51. The van der Waals surface area contributed by atoms with Gasteiger partial charge in [0.2, 0.25) is 0 Å². The fourth-order valence-electron chi connectivity index (χ4n) is 1.47. The van der Waals surface area contributed by atoms with Gasteiger partial charge in [-0.15, -0.1) is 0 Å². The van der Waals surface area contributed by atoms with Crippen LogP contribution in [0.1, 0.15) is 6.92 Å². The number of hydrogen-bond acceptors (Lipinski definition) is 4. The van der Waals surface area contributed by atoms with Crippen molar-refractivity contribution in [1.82, 2.24) is 4.90 Å². The fraction of sp³-hybridized carbons (Fsp3) is 0.714. The third kappa shape index (κ3) is 1.70. The molecule has 1 saturated heterocycles. The van der Waals surface area contributed by atoms with Crippen molar-refractivity contribution in [2.45, 2.75) is 18.0 Å². The van der Waals surface area contributed by atoms with Gasteiger partial charge in [-0.25, -0.2) is 22.4 Å². The summed E-state index contributed by atoms with van der Waals surface area (Å²) in [6, 6.07) is -0.967. The van der Waals surface area contributed by atoms with Crippen LogP contribution in [0, 0.1) is 0 Å². The van der Waals surface area contributed by atoms with Gasteiger partial charge >= 0.3 is 17.1 Å². The second-order valence-corrected chi connectivity index (χ2v) is 5.78. The number of carbonyl (C=O) groups is 2. The number of alkyl halides is 1. The van der Waals surface area contributed by atoms with Crippen molar-refractivity contribution in [2.24, 2.45) is 0 Å². The van der Waals surface area contributed by atoms with Crippen LogP contribution in [0.5, 0.6) is 0 Å². The van der Waals surface area contributed by atoms with Crippen LogP contribution >= 0.6 is 0 Å². The molecular weight excluding hydrogens is 245 g/mol. The van der Waals surface area contributed by atoms with Crippen LogP contribution in [0.4, 0.5) is 9.18 Å². The maximum atomic E-state index is 13.8. The SMILES string of the molecule is C[C@@H]1CS(=O)(=O)C(F)(C(=O)O)CN1C(=O)O. The van der Waals surface area contributed by atoms with Crippen LogP contribution in [0.15, 0.2) is 0 Å². The summed E-state index contributed by atoms with van der Waals surface area (Å²) in [5.74, 6) is -3.03. The van der Waals surface area contributed by atoms with E-state index < -0.39 is 45.2 Å². The topological polar surface area (TPSA) is 112 Å². The number of carboxylic acids is 1. The van der Waals surface area contributed by atoms with Crippen molar-refractivity contribution < 1.29 is 32.6 Å². The standard InChI is InChI=1S/C7H10FNO6S/c1-4-2-16(14,15)7(8,5(10)11)3-9(4)6(12)13/h4H,2-3H2,1H3,(H,10,11)(H,12,13)/t4-,7?/m1/s1. The van der Waals surface area contributed by atoms with Crippen LogP contribution < -0.4 is 0 Å². The summed E-state index contributed by atoms with van der Waals surface area (Å²) in [5, 5.41) is 13.7. The summed E-state index contributed by atoms with van der Waals surface area (Å²) in [5.41, 5.74) is 0. The predicted molar refractivity (Wildman–Crippen MR) is 49.5 cm³/mol. The molecule has 7 nitrogen and oxygen atoms in total. The summed E-state index contributed by atoms with van der Waals surface area (Å²) >= 11 is 0. The van der Waals surface area contributed by atoms with Gasteiger partial charge in [0, 0.05) is 6.04 Å². The molecule has 1 heterocycles. The predicted octanol–water partition coefficient (Wildman–Crippen LogP) is -0.466. The molecule has 1 amide bonds. The highest BCUT2D eigenvalue weighted by molar-refractivity contribution is 7.93. The molecule has 0 aliphatic carbocycles. The lowest BCUT2D eigenvalue weighted by Crippen LogP contribution is -2.62. The third-order valence-corrected chi connectivity index (χ3v) is 4.64. The lowest BCUT2D eigenvalue weighted by atomic mass is 10.2. The number of hydrogen-bond donors (Lipinski definition) is 2. The monoisotopic (exact) mass is 255 g/mol. The summed E-state index contributed by atoms with van der Waals surface area (Å²) < 4.78 is 36.5. The number of rotatable bonds is 1. The Bertz CT molecular complexity index is 434. The Morgan fingerprint density at radius 2 is 1.94 bits per heavy atom. The molecule has 92 valence electrons. The van der Waals surface area contributed by atoms with E-state index in [1.807, 2.05) is 0 Å². The Balaban J connectivity index is 3.20. The van der Waals surface area contributed by atoms with Gasteiger partial charge in [0.15, 0.2) is 9.84 Å². The van der Waals surface area contributed by atoms with Gasteiger partial charge in [0.25, 0.3) is 0 Å². The highest BCUT2D eigenvalue weighted by Crippen LogP contribution is 2.29. The molecule has 0 aromatic heterocycles. The summed E-state index contributed by atoms with van der Waals surface area (Å²) in [6.45, 7) is 0.0638. The van der Waals surface area contributed by atoms with Crippen LogP contribution in [0.2, 0.25) is 0 Å². The molecule has 9 heteroatoms. The summed E-state index contributed by atoms with van der Waals surface area (Å²) in [6.07, 6.45) is -1.55. The molecular formula is C7H10FNO6S. The number of aliphatic carboxylic acids is 1. The van der Waals surface area contributed by atoms with Crippen LogP contribution in [-0.4, -0.2) is 58.9 Å². The van der Waals surface area contributed by atoms with Gasteiger partial charge in [-0.05, 0) is 6.92 Å². The second-order valence-electron chi connectivity index (χ2n) is 3.57. The first-order valence-corrected chi connectivity index (χ1v) is 5.91. The molecule has 1 rings (SSSR count). The average molecular weight is 255 g/mol. The van der Waals surface area contributed by atoms with E-state index in [1.165, 1.54) is 6.92 Å². The summed E-state index contributed by atoms with van der Waals surface area (Å²) in [7, 11) is -4.51. The van der Waals surface area contributed by atoms with Gasteiger partial charge in [-0.3, -0.25) is 4.90 Å². The molecule has 1 aliphatic rings. The van der Waals surface area contributed by atoms with E-state index in [4.69, 9.17) is 10.2 Å². The third-order valence-electron chi connectivity index (χ3n) is 2.42. The van der Waals surface area contributed by atoms with E-state index in [2.05, 4.69) is 0 Å². The number of halogens is 1. The Kier molecular flexibility index (Phi) is 2.84. The summed E-state index contributed by atoms with van der Waals surface area (Å²) in [4.78, 5) is 21.7. The van der Waals surface area contributed by atoms with Crippen molar-refractivity contribution in [3.05, 3.63) is 0 Å². The van der Waals surface area contributed by atoms with Gasteiger partial charge in [0.1, 0.15) is 0 Å². The van der Waals surface area contributed by atoms with Crippen molar-refractivity contribution in [2.75, 3.05) is 12.3 Å². The van der Waals surface area contributed by atoms with Crippen molar-refractivity contribution in [1.29, 1.82) is 0 Å². The number of amides is 1. The molecule has 0 saturated carbocycles. The Morgan fingerprint density at radius 1 is 1.44 bits per heavy atom. The van der Waals surface area contributed by atoms with Crippen LogP contribution in [-0.2, 0) is 14.6 Å². The van der Waals surface area contributed by atoms with Gasteiger partial charge in [0.05, 0.1) is 12.3 Å². The van der Waals surface area contributed by atoms with Gasteiger partial charge in [-0.2, -0.15) is 0 Å². The maximum absolute atomic E-state index is 13.8. The van der Waals surface area contributed by atoms with Gasteiger partial charge in [-0.1, -0.05) is 0 Å². The number of sulfone groups is 1. The molecule has 2 N–H and O–H groups in total. The highest BCUT2D eigenvalue weighted by atomic mass is 32.2. The van der Waals surface area contributed by atoms with E-state index in [9.17, 15) is 22.4 Å². The number of carboxylic acid groups (broad SMARTS) is 2. The van der Waals surface area contributed by atoms with E-state index in [0.29, 0.717) is 4.90 Å². The van der Waals surface area contributed by atoms with E-state index in [0.717, 1.165) is 0 Å². The Morgan fingerprint density at radius 3 is 2.31 bits per heavy atom. The molecule has 16 heavy (non-hydrogen) atoms. The quantitative estimate of drug-likeness (QED) is 0.655. The highest BCUT2D eigenvalue weighted by Gasteiger charge is 2.58. The zero-order valence-corrected chi connectivity index (χ0v) is 9.07. The van der Waals surface area contributed by atoms with E-state index in [-0.39, 0.29) is 0 Å². The van der Waals surface area contributed by atoms with Crippen molar-refractivity contribution >= 4 is 21.9 Å². The minimum absolute atomic E-state index is 0.467. The molecule has 1 fully saturated rings. The molecule has 2 atom stereocenters. The first-order valence-electron chi connectivity index (χ1n) is 4.26. The first kappa shape index (κ1) is 12.7. The average Bonchev–Trinajstić information content (AvgIpc) is 2.09. The molecule has 0 aromatic rings. The van der Waals surface area contributed by atoms with Gasteiger partial charge < -0.3 is 10.2 Å². The normalized spacial score (nSPS) is 33.4. The number of nitrogens with zero attached hydrogens (tertiary/aromatic N) is 1. The lowest BCUT2D eigenvalue weighted by molar-refractivity contribution is -0.146. The molecule has 0 spiro atoms. The fourth-order valence-corrected chi connectivity index (χ4v) is 3.15. The zero-order valence-electron chi connectivity index (χ0n) is 8.25. The lowest BCUT2D eigenvalue weighted by Gasteiger charge is -2.37. The smallest absolute Gasteiger partial charge is 0.407 e. The van der Waals surface area contributed by atoms with E-state index >= 15 is 0 Å². The second kappa shape index (κ2) is 3.58. The maximum Gasteiger partial charge on any atom is 0.407 e. The molecule has 0 radical (unpaired) electrons. The zero-order chi connectivity index (χ0) is 12.7. The molecule has 1 aliphatic heterocycles. The van der Waals surface area contributed by atoms with Crippen molar-refractivity contribution in [3.8, 4) is 0 Å². The Labute approximate surface area is 90.4 Å².